The summed E-state index contributed by atoms with van der Waals surface area (Å²) >= 11 is 3.39. The van der Waals surface area contributed by atoms with Crippen LogP contribution in [0.4, 0.5) is 4.79 Å². The number of halogens is 1. The number of aldehydes is 1. The summed E-state index contributed by atoms with van der Waals surface area (Å²) in [6.45, 7) is 0.226. The maximum absolute atomic E-state index is 12.3. The van der Waals surface area contributed by atoms with E-state index in [1.165, 1.54) is 11.1 Å². The Morgan fingerprint density at radius 1 is 0.966 bits per heavy atom. The molecule has 0 heterocycles. The number of alkyl carbamates (subject to hydrolysis) is 1. The quantitative estimate of drug-likeness (QED) is 0.532. The third-order valence-corrected chi connectivity index (χ3v) is 5.71. The van der Waals surface area contributed by atoms with Gasteiger partial charge < -0.3 is 14.8 Å². The molecule has 3 aromatic rings. The molecule has 5 heteroatoms. The normalized spacial score (nSPS) is 13.3. The van der Waals surface area contributed by atoms with Crippen LogP contribution in [-0.4, -0.2) is 25.0 Å². The molecule has 1 atom stereocenters. The second kappa shape index (κ2) is 8.62. The number of hydrogen-bond donors (Lipinski definition) is 1. The van der Waals surface area contributed by atoms with Crippen molar-refractivity contribution >= 4 is 28.3 Å². The van der Waals surface area contributed by atoms with Gasteiger partial charge in [0.1, 0.15) is 12.9 Å². The number of fused-ring (bicyclic) bond motifs is 3. The fraction of sp³-hybridized carbons (Fsp3) is 0.167. The minimum atomic E-state index is -0.633. The number of nitrogens with one attached hydrogen (secondary N) is 1. The molecular weight excluding hydrogens is 430 g/mol. The Labute approximate surface area is 178 Å². The average Bonchev–Trinajstić information content (AvgIpc) is 3.07. The fourth-order valence-electron chi connectivity index (χ4n) is 3.80. The summed E-state index contributed by atoms with van der Waals surface area (Å²) in [5, 5.41) is 2.66. The lowest BCUT2D eigenvalue weighted by atomic mass is 9.98. The second-order valence-electron chi connectivity index (χ2n) is 7.04. The molecule has 0 aromatic heterocycles. The van der Waals surface area contributed by atoms with E-state index in [1.807, 2.05) is 48.5 Å². The topological polar surface area (TPSA) is 55.4 Å². The highest BCUT2D eigenvalue weighted by Crippen LogP contribution is 2.44. The van der Waals surface area contributed by atoms with Crippen LogP contribution in [0.5, 0.6) is 0 Å². The zero-order valence-corrected chi connectivity index (χ0v) is 17.3. The standard InChI is InChI=1S/C24H20BrNO3/c25-17-11-9-16(10-12-17)13-18(14-27)26-24(28)29-15-23-21-7-3-1-5-19(21)20-6-2-4-8-22(20)23/h1-12,14,18,23H,13,15H2,(H,26,28). The van der Waals surface area contributed by atoms with Crippen molar-refractivity contribution in [3.63, 3.8) is 0 Å². The van der Waals surface area contributed by atoms with Gasteiger partial charge >= 0.3 is 6.09 Å². The Kier molecular flexibility index (Phi) is 5.76. The summed E-state index contributed by atoms with van der Waals surface area (Å²) in [4.78, 5) is 23.8. The van der Waals surface area contributed by atoms with Crippen LogP contribution in [0.2, 0.25) is 0 Å². The Morgan fingerprint density at radius 2 is 1.55 bits per heavy atom. The molecule has 4 rings (SSSR count). The van der Waals surface area contributed by atoms with Gasteiger partial charge in [0.2, 0.25) is 0 Å². The monoisotopic (exact) mass is 449 g/mol. The van der Waals surface area contributed by atoms with Gasteiger partial charge in [0.15, 0.2) is 0 Å². The van der Waals surface area contributed by atoms with Crippen molar-refractivity contribution in [3.8, 4) is 11.1 Å². The second-order valence-corrected chi connectivity index (χ2v) is 7.96. The van der Waals surface area contributed by atoms with Crippen molar-refractivity contribution in [2.24, 2.45) is 0 Å². The van der Waals surface area contributed by atoms with Crippen LogP contribution in [0.15, 0.2) is 77.3 Å². The lowest BCUT2D eigenvalue weighted by Crippen LogP contribution is -2.38. The molecule has 3 aromatic carbocycles. The van der Waals surface area contributed by atoms with Crippen molar-refractivity contribution < 1.29 is 14.3 Å². The predicted octanol–water partition coefficient (Wildman–Crippen LogP) is 5.10. The molecule has 146 valence electrons. The van der Waals surface area contributed by atoms with E-state index >= 15 is 0 Å². The van der Waals surface area contributed by atoms with Crippen LogP contribution < -0.4 is 5.32 Å². The molecule has 0 saturated heterocycles. The van der Waals surface area contributed by atoms with E-state index in [-0.39, 0.29) is 12.5 Å². The molecule has 4 nitrogen and oxygen atoms in total. The van der Waals surface area contributed by atoms with Crippen molar-refractivity contribution in [3.05, 3.63) is 94.0 Å². The van der Waals surface area contributed by atoms with E-state index in [0.717, 1.165) is 27.4 Å². The smallest absolute Gasteiger partial charge is 0.407 e. The number of hydrogen-bond acceptors (Lipinski definition) is 3. The molecule has 29 heavy (non-hydrogen) atoms. The lowest BCUT2D eigenvalue weighted by molar-refractivity contribution is -0.109. The van der Waals surface area contributed by atoms with E-state index in [2.05, 4.69) is 45.5 Å². The summed E-state index contributed by atoms with van der Waals surface area (Å²) in [7, 11) is 0. The minimum Gasteiger partial charge on any atom is -0.449 e. The van der Waals surface area contributed by atoms with Gasteiger partial charge in [0.05, 0.1) is 6.04 Å². The Morgan fingerprint density at radius 3 is 2.14 bits per heavy atom. The molecular formula is C24H20BrNO3. The van der Waals surface area contributed by atoms with Gasteiger partial charge in [-0.3, -0.25) is 0 Å². The van der Waals surface area contributed by atoms with Crippen molar-refractivity contribution in [1.82, 2.24) is 5.32 Å². The highest BCUT2D eigenvalue weighted by molar-refractivity contribution is 9.10. The first-order chi connectivity index (χ1) is 14.2. The van der Waals surface area contributed by atoms with Gasteiger partial charge in [-0.15, -0.1) is 0 Å². The molecule has 1 amide bonds. The number of benzene rings is 3. The van der Waals surface area contributed by atoms with E-state index in [0.29, 0.717) is 6.42 Å². The highest BCUT2D eigenvalue weighted by atomic mass is 79.9. The summed E-state index contributed by atoms with van der Waals surface area (Å²) in [6.07, 6.45) is 0.575. The van der Waals surface area contributed by atoms with E-state index in [4.69, 9.17) is 4.74 Å². The van der Waals surface area contributed by atoms with Crippen LogP contribution in [0.3, 0.4) is 0 Å². The summed E-state index contributed by atoms with van der Waals surface area (Å²) in [5.41, 5.74) is 5.63. The number of carbonyl (C=O) groups is 2. The van der Waals surface area contributed by atoms with Crippen molar-refractivity contribution in [2.45, 2.75) is 18.4 Å². The zero-order valence-electron chi connectivity index (χ0n) is 15.7. The SMILES string of the molecule is O=CC(Cc1ccc(Br)cc1)NC(=O)OCC1c2ccccc2-c2ccccc21. The van der Waals surface area contributed by atoms with E-state index < -0.39 is 12.1 Å². The number of ether oxygens (including phenoxy) is 1. The average molecular weight is 450 g/mol. The first-order valence-corrected chi connectivity index (χ1v) is 10.3. The van der Waals surface area contributed by atoms with Gasteiger partial charge in [-0.25, -0.2) is 4.79 Å². The fourth-order valence-corrected chi connectivity index (χ4v) is 4.06. The zero-order chi connectivity index (χ0) is 20.2. The van der Waals surface area contributed by atoms with Crippen LogP contribution in [0, 0.1) is 0 Å². The molecule has 1 N–H and O–H groups in total. The number of carbonyl (C=O) groups excluding carboxylic acids is 2. The van der Waals surface area contributed by atoms with Crippen LogP contribution in [0.1, 0.15) is 22.6 Å². The first-order valence-electron chi connectivity index (χ1n) is 9.47. The summed E-state index contributed by atoms with van der Waals surface area (Å²) < 4.78 is 6.48. The van der Waals surface area contributed by atoms with Crippen LogP contribution in [-0.2, 0) is 16.0 Å². The summed E-state index contributed by atoms with van der Waals surface area (Å²) in [5.74, 6) is -0.00527. The van der Waals surface area contributed by atoms with Crippen LogP contribution >= 0.6 is 15.9 Å². The molecule has 0 spiro atoms. The number of rotatable bonds is 6. The molecule has 0 saturated carbocycles. The Bertz CT molecular complexity index is 987. The Balaban J connectivity index is 1.40. The molecule has 0 bridgehead atoms. The third-order valence-electron chi connectivity index (χ3n) is 5.18. The van der Waals surface area contributed by atoms with Gasteiger partial charge in [-0.1, -0.05) is 76.6 Å². The summed E-state index contributed by atoms with van der Waals surface area (Å²) in [6, 6.07) is 23.4. The van der Waals surface area contributed by atoms with Gasteiger partial charge in [0.25, 0.3) is 0 Å². The molecule has 1 aliphatic rings. The lowest BCUT2D eigenvalue weighted by Gasteiger charge is -2.17. The molecule has 0 aliphatic heterocycles. The van der Waals surface area contributed by atoms with Crippen molar-refractivity contribution in [2.75, 3.05) is 6.61 Å². The predicted molar refractivity (Wildman–Crippen MR) is 116 cm³/mol. The third kappa shape index (κ3) is 4.25. The minimum absolute atomic E-state index is 0.00527. The van der Waals surface area contributed by atoms with Gasteiger partial charge in [-0.05, 0) is 46.4 Å². The van der Waals surface area contributed by atoms with E-state index in [9.17, 15) is 9.59 Å². The molecule has 1 unspecified atom stereocenters. The maximum Gasteiger partial charge on any atom is 0.407 e. The van der Waals surface area contributed by atoms with Gasteiger partial charge in [-0.2, -0.15) is 0 Å². The largest absolute Gasteiger partial charge is 0.449 e. The molecule has 0 radical (unpaired) electrons. The number of amides is 1. The van der Waals surface area contributed by atoms with Crippen molar-refractivity contribution in [1.29, 1.82) is 0 Å². The highest BCUT2D eigenvalue weighted by Gasteiger charge is 2.29. The molecule has 0 fully saturated rings. The molecule has 1 aliphatic carbocycles. The van der Waals surface area contributed by atoms with Crippen LogP contribution in [0.25, 0.3) is 11.1 Å². The first kappa shape index (κ1) is 19.4. The van der Waals surface area contributed by atoms with E-state index in [1.54, 1.807) is 0 Å². The maximum atomic E-state index is 12.3. The Hall–Kier alpha value is -2.92. The van der Waals surface area contributed by atoms with Gasteiger partial charge in [0, 0.05) is 10.4 Å².